The largest absolute Gasteiger partial charge is 0.423 e. The Hall–Kier alpha value is -3.45. The second kappa shape index (κ2) is 13.6. The fourth-order valence-corrected chi connectivity index (χ4v) is 5.52. The van der Waals surface area contributed by atoms with Crippen molar-refractivity contribution < 1.29 is 4.42 Å². The molecule has 0 spiro atoms. The molecule has 0 aliphatic carbocycles. The SMILES string of the molecule is CCCCCCC1c2nc(Cc3ccccc3)c(o2)N(C)Cc2cn(nn2)CCCCN1Cc1ccccc1. The summed E-state index contributed by atoms with van der Waals surface area (Å²) in [5, 5.41) is 8.83. The number of rotatable bonds is 9. The van der Waals surface area contributed by atoms with Gasteiger partial charge in [-0.3, -0.25) is 9.58 Å². The van der Waals surface area contributed by atoms with Crippen molar-refractivity contribution in [1.29, 1.82) is 0 Å². The van der Waals surface area contributed by atoms with Gasteiger partial charge in [0, 0.05) is 26.6 Å². The number of anilines is 1. The van der Waals surface area contributed by atoms with Crippen molar-refractivity contribution in [2.45, 2.75) is 84.0 Å². The Morgan fingerprint density at radius 3 is 2.41 bits per heavy atom. The number of aromatic nitrogens is 4. The number of hydrogen-bond donors (Lipinski definition) is 0. The van der Waals surface area contributed by atoms with E-state index in [0.29, 0.717) is 6.54 Å². The molecule has 1 aliphatic heterocycles. The lowest BCUT2D eigenvalue weighted by Crippen LogP contribution is -2.30. The molecule has 39 heavy (non-hydrogen) atoms. The number of nitrogens with zero attached hydrogens (tertiary/aromatic N) is 6. The lowest BCUT2D eigenvalue weighted by atomic mass is 10.0. The van der Waals surface area contributed by atoms with E-state index in [1.807, 2.05) is 4.68 Å². The molecule has 5 rings (SSSR count). The van der Waals surface area contributed by atoms with Crippen LogP contribution in [0, 0.1) is 0 Å². The van der Waals surface area contributed by atoms with Crippen LogP contribution in [-0.2, 0) is 26.1 Å². The Kier molecular flexibility index (Phi) is 9.43. The Balaban J connectivity index is 1.52. The number of fused-ring (bicyclic) bond motifs is 4. The van der Waals surface area contributed by atoms with Crippen LogP contribution in [0.25, 0.3) is 0 Å². The third kappa shape index (κ3) is 7.35. The maximum absolute atomic E-state index is 6.75. The molecule has 0 amide bonds. The second-order valence-electron chi connectivity index (χ2n) is 10.8. The van der Waals surface area contributed by atoms with Gasteiger partial charge in [-0.25, -0.2) is 4.98 Å². The summed E-state index contributed by atoms with van der Waals surface area (Å²) in [4.78, 5) is 9.99. The minimum atomic E-state index is 0.132. The Labute approximate surface area is 232 Å². The number of aryl methyl sites for hydroxylation is 1. The summed E-state index contributed by atoms with van der Waals surface area (Å²) in [5.41, 5.74) is 4.49. The summed E-state index contributed by atoms with van der Waals surface area (Å²) in [6, 6.07) is 21.5. The van der Waals surface area contributed by atoms with E-state index in [1.165, 1.54) is 36.8 Å². The van der Waals surface area contributed by atoms with Crippen LogP contribution >= 0.6 is 0 Å². The van der Waals surface area contributed by atoms with Gasteiger partial charge in [-0.1, -0.05) is 98.5 Å². The van der Waals surface area contributed by atoms with Gasteiger partial charge in [0.2, 0.25) is 11.8 Å². The minimum absolute atomic E-state index is 0.132. The van der Waals surface area contributed by atoms with Crippen molar-refractivity contribution in [3.63, 3.8) is 0 Å². The molecule has 1 aliphatic rings. The standard InChI is InChI=1S/C32H42N6O/c1-3-4-5-12-19-30-31-33-29(22-26-15-8-6-9-16-26)32(39-31)36(2)24-28-25-38(35-34-28)21-14-13-20-37(30)23-27-17-10-7-11-18-27/h6-11,15-18,25,30H,3-5,12-14,19-24H2,1-2H3. The van der Waals surface area contributed by atoms with Gasteiger partial charge >= 0.3 is 0 Å². The van der Waals surface area contributed by atoms with Crippen molar-refractivity contribution >= 4 is 5.88 Å². The van der Waals surface area contributed by atoms with Crippen molar-refractivity contribution in [2.24, 2.45) is 0 Å². The summed E-state index contributed by atoms with van der Waals surface area (Å²) >= 11 is 0. The van der Waals surface area contributed by atoms with E-state index < -0.39 is 0 Å². The van der Waals surface area contributed by atoms with Gasteiger partial charge in [0.05, 0.1) is 18.8 Å². The van der Waals surface area contributed by atoms with E-state index >= 15 is 0 Å². The van der Waals surface area contributed by atoms with Crippen molar-refractivity contribution in [3.8, 4) is 0 Å². The molecule has 4 aromatic rings. The van der Waals surface area contributed by atoms with Gasteiger partial charge in [0.1, 0.15) is 11.4 Å². The number of hydrogen-bond acceptors (Lipinski definition) is 6. The highest BCUT2D eigenvalue weighted by Crippen LogP contribution is 2.34. The highest BCUT2D eigenvalue weighted by molar-refractivity contribution is 5.43. The molecule has 1 atom stereocenters. The summed E-state index contributed by atoms with van der Waals surface area (Å²) in [6.07, 6.45) is 10.9. The van der Waals surface area contributed by atoms with E-state index in [1.54, 1.807) is 0 Å². The van der Waals surface area contributed by atoms with Gasteiger partial charge < -0.3 is 9.32 Å². The van der Waals surface area contributed by atoms with Gasteiger partial charge in [0.25, 0.3) is 0 Å². The normalized spacial score (nSPS) is 16.8. The predicted molar refractivity (Wildman–Crippen MR) is 155 cm³/mol. The summed E-state index contributed by atoms with van der Waals surface area (Å²) in [7, 11) is 2.07. The first-order chi connectivity index (χ1) is 19.2. The average Bonchev–Trinajstić information content (AvgIpc) is 3.58. The first kappa shape index (κ1) is 27.1. The van der Waals surface area contributed by atoms with Gasteiger partial charge in [0.15, 0.2) is 0 Å². The zero-order valence-electron chi connectivity index (χ0n) is 23.5. The van der Waals surface area contributed by atoms with E-state index in [4.69, 9.17) is 9.40 Å². The molecule has 1 unspecified atom stereocenters. The van der Waals surface area contributed by atoms with Gasteiger partial charge in [-0.15, -0.1) is 5.10 Å². The second-order valence-corrected chi connectivity index (χ2v) is 10.8. The first-order valence-corrected chi connectivity index (χ1v) is 14.6. The summed E-state index contributed by atoms with van der Waals surface area (Å²) < 4.78 is 8.73. The maximum Gasteiger partial charge on any atom is 0.220 e. The Morgan fingerprint density at radius 1 is 0.897 bits per heavy atom. The molecule has 0 N–H and O–H groups in total. The predicted octanol–water partition coefficient (Wildman–Crippen LogP) is 6.80. The lowest BCUT2D eigenvalue weighted by Gasteiger charge is -2.30. The average molecular weight is 527 g/mol. The highest BCUT2D eigenvalue weighted by atomic mass is 16.4. The molecule has 3 heterocycles. The molecule has 0 saturated carbocycles. The molecular formula is C32H42N6O. The fourth-order valence-electron chi connectivity index (χ4n) is 5.52. The monoisotopic (exact) mass is 526 g/mol. The third-order valence-electron chi connectivity index (χ3n) is 7.61. The van der Waals surface area contributed by atoms with Crippen LogP contribution < -0.4 is 4.90 Å². The summed E-state index contributed by atoms with van der Waals surface area (Å²) in [5.74, 6) is 1.68. The molecule has 0 saturated heterocycles. The molecule has 7 heteroatoms. The molecule has 7 nitrogen and oxygen atoms in total. The topological polar surface area (TPSA) is 63.2 Å². The van der Waals surface area contributed by atoms with Crippen LogP contribution in [0.15, 0.2) is 71.3 Å². The molecule has 4 bridgehead atoms. The minimum Gasteiger partial charge on any atom is -0.423 e. The summed E-state index contributed by atoms with van der Waals surface area (Å²) in [6.45, 7) is 5.65. The number of benzene rings is 2. The van der Waals surface area contributed by atoms with E-state index in [-0.39, 0.29) is 6.04 Å². The van der Waals surface area contributed by atoms with E-state index in [9.17, 15) is 0 Å². The van der Waals surface area contributed by atoms with E-state index in [0.717, 1.165) is 68.5 Å². The number of oxazole rings is 1. The Bertz CT molecular complexity index is 1270. The van der Waals surface area contributed by atoms with Crippen LogP contribution in [0.2, 0.25) is 0 Å². The fraction of sp³-hybridized carbons (Fsp3) is 0.469. The smallest absolute Gasteiger partial charge is 0.220 e. The lowest BCUT2D eigenvalue weighted by molar-refractivity contribution is 0.146. The number of unbranched alkanes of at least 4 members (excludes halogenated alkanes) is 3. The highest BCUT2D eigenvalue weighted by Gasteiger charge is 2.28. The molecule has 0 fully saturated rings. The molecule has 2 aromatic heterocycles. The van der Waals surface area contributed by atoms with Crippen molar-refractivity contribution in [1.82, 2.24) is 24.9 Å². The molecule has 2 aromatic carbocycles. The molecular weight excluding hydrogens is 484 g/mol. The van der Waals surface area contributed by atoms with Crippen molar-refractivity contribution in [2.75, 3.05) is 18.5 Å². The Morgan fingerprint density at radius 2 is 1.64 bits per heavy atom. The van der Waals surface area contributed by atoms with E-state index in [2.05, 4.69) is 101 Å². The zero-order valence-corrected chi connectivity index (χ0v) is 23.5. The first-order valence-electron chi connectivity index (χ1n) is 14.6. The van der Waals surface area contributed by atoms with Crippen LogP contribution in [0.4, 0.5) is 5.88 Å². The van der Waals surface area contributed by atoms with Crippen LogP contribution in [0.3, 0.4) is 0 Å². The molecule has 206 valence electrons. The zero-order chi connectivity index (χ0) is 26.9. The van der Waals surface area contributed by atoms with Crippen LogP contribution in [0.1, 0.15) is 86.3 Å². The van der Waals surface area contributed by atoms with Crippen LogP contribution in [0.5, 0.6) is 0 Å². The quantitative estimate of drug-likeness (QED) is 0.224. The third-order valence-corrected chi connectivity index (χ3v) is 7.61. The van der Waals surface area contributed by atoms with Gasteiger partial charge in [-0.05, 0) is 36.9 Å². The van der Waals surface area contributed by atoms with Gasteiger partial charge in [-0.2, -0.15) is 0 Å². The van der Waals surface area contributed by atoms with Crippen LogP contribution in [-0.4, -0.2) is 38.5 Å². The van der Waals surface area contributed by atoms with Crippen molar-refractivity contribution in [3.05, 3.63) is 95.3 Å². The molecule has 0 radical (unpaired) electrons. The maximum atomic E-state index is 6.75.